The molecule has 3 aromatic rings. The van der Waals surface area contributed by atoms with Gasteiger partial charge in [-0.05, 0) is 23.1 Å². The van der Waals surface area contributed by atoms with Crippen LogP contribution in [-0.2, 0) is 33.8 Å². The molecule has 0 fully saturated rings. The van der Waals surface area contributed by atoms with E-state index in [9.17, 15) is 4.79 Å². The minimum absolute atomic E-state index is 0.0261. The number of ether oxygens (including phenoxy) is 2. The highest BCUT2D eigenvalue weighted by atomic mass is 16.5. The molecule has 0 aliphatic carbocycles. The molecular weight excluding hydrogens is 410 g/mol. The summed E-state index contributed by atoms with van der Waals surface area (Å²) in [7, 11) is 1.44. The molecule has 1 aliphatic rings. The van der Waals surface area contributed by atoms with E-state index in [1.807, 2.05) is 30.4 Å². The number of rotatable bonds is 9. The average Bonchev–Trinajstić information content (AvgIpc) is 2.88. The van der Waals surface area contributed by atoms with E-state index >= 15 is 0 Å². The van der Waals surface area contributed by atoms with Crippen molar-refractivity contribution in [2.24, 2.45) is 5.92 Å². The summed E-state index contributed by atoms with van der Waals surface area (Å²) < 4.78 is 11.4. The quantitative estimate of drug-likeness (QED) is 0.344. The summed E-state index contributed by atoms with van der Waals surface area (Å²) in [4.78, 5) is 15.1. The molecule has 0 saturated carbocycles. The van der Waals surface area contributed by atoms with Crippen molar-refractivity contribution in [1.29, 1.82) is 0 Å². The lowest BCUT2D eigenvalue weighted by atomic mass is 9.88. The molecule has 0 unspecified atom stereocenters. The maximum atomic E-state index is 12.7. The number of esters is 1. The number of methoxy groups -OCH3 is 1. The highest BCUT2D eigenvalue weighted by Gasteiger charge is 2.39. The summed E-state index contributed by atoms with van der Waals surface area (Å²) in [6.07, 6.45) is 4.32. The lowest BCUT2D eigenvalue weighted by Crippen LogP contribution is -2.51. The summed E-state index contributed by atoms with van der Waals surface area (Å²) in [6, 6.07) is 31.4. The molecule has 0 aromatic heterocycles. The van der Waals surface area contributed by atoms with Gasteiger partial charge in [0.1, 0.15) is 5.92 Å². The SMILES string of the molecule is COC(=O)[C@H]1C=CCO[C@@H]1[C@H](Cc1ccccc1)N(Cc1ccccc1)Cc1ccccc1. The van der Waals surface area contributed by atoms with E-state index in [1.54, 1.807) is 0 Å². The molecular formula is C29H31NO3. The Kier molecular flexibility index (Phi) is 8.07. The third-order valence-electron chi connectivity index (χ3n) is 6.15. The highest BCUT2D eigenvalue weighted by Crippen LogP contribution is 2.28. The van der Waals surface area contributed by atoms with Gasteiger partial charge in [0, 0.05) is 19.1 Å². The second kappa shape index (κ2) is 11.6. The first-order valence-electron chi connectivity index (χ1n) is 11.5. The van der Waals surface area contributed by atoms with Gasteiger partial charge in [-0.3, -0.25) is 9.69 Å². The minimum atomic E-state index is -0.438. The Morgan fingerprint density at radius 1 is 0.879 bits per heavy atom. The first-order chi connectivity index (χ1) is 16.2. The van der Waals surface area contributed by atoms with Gasteiger partial charge >= 0.3 is 5.97 Å². The standard InChI is InChI=1S/C29H31NO3/c1-32-29(31)26-18-11-19-33-28(26)27(20-23-12-5-2-6-13-23)30(21-24-14-7-3-8-15-24)22-25-16-9-4-10-17-25/h2-18,26-28H,19-22H2,1H3/t26-,27-,28-/m0/s1. The van der Waals surface area contributed by atoms with Crippen molar-refractivity contribution in [2.45, 2.75) is 31.7 Å². The fourth-order valence-electron chi connectivity index (χ4n) is 4.52. The fraction of sp³-hybridized carbons (Fsp3) is 0.276. The maximum Gasteiger partial charge on any atom is 0.315 e. The first kappa shape index (κ1) is 23.0. The van der Waals surface area contributed by atoms with Gasteiger partial charge in [-0.25, -0.2) is 0 Å². The van der Waals surface area contributed by atoms with Gasteiger partial charge in [0.05, 0.1) is 19.8 Å². The Morgan fingerprint density at radius 2 is 1.39 bits per heavy atom. The van der Waals surface area contributed by atoms with Gasteiger partial charge in [0.2, 0.25) is 0 Å². The van der Waals surface area contributed by atoms with Gasteiger partial charge in [0.25, 0.3) is 0 Å². The van der Waals surface area contributed by atoms with Crippen LogP contribution in [0.25, 0.3) is 0 Å². The van der Waals surface area contributed by atoms with Crippen molar-refractivity contribution in [2.75, 3.05) is 13.7 Å². The fourth-order valence-corrected chi connectivity index (χ4v) is 4.52. The van der Waals surface area contributed by atoms with E-state index in [0.717, 1.165) is 19.5 Å². The number of hydrogen-bond donors (Lipinski definition) is 0. The molecule has 0 spiro atoms. The van der Waals surface area contributed by atoms with E-state index in [-0.39, 0.29) is 18.1 Å². The number of nitrogens with zero attached hydrogens (tertiary/aromatic N) is 1. The van der Waals surface area contributed by atoms with Crippen LogP contribution in [0.15, 0.2) is 103 Å². The van der Waals surface area contributed by atoms with E-state index in [2.05, 4.69) is 77.7 Å². The van der Waals surface area contributed by atoms with Crippen molar-refractivity contribution in [1.82, 2.24) is 4.90 Å². The predicted octanol–water partition coefficient (Wildman–Crippen LogP) is 5.04. The first-order valence-corrected chi connectivity index (χ1v) is 11.5. The molecule has 4 nitrogen and oxygen atoms in total. The van der Waals surface area contributed by atoms with Gasteiger partial charge in [-0.15, -0.1) is 0 Å². The third kappa shape index (κ3) is 6.19. The Bertz CT molecular complexity index is 979. The number of benzene rings is 3. The Labute approximate surface area is 196 Å². The summed E-state index contributed by atoms with van der Waals surface area (Å²) >= 11 is 0. The van der Waals surface area contributed by atoms with E-state index < -0.39 is 5.92 Å². The summed E-state index contributed by atoms with van der Waals surface area (Å²) in [5.74, 6) is -0.695. The molecule has 0 N–H and O–H groups in total. The largest absolute Gasteiger partial charge is 0.468 e. The van der Waals surface area contributed by atoms with Crippen LogP contribution in [0, 0.1) is 5.92 Å². The van der Waals surface area contributed by atoms with E-state index in [0.29, 0.717) is 6.61 Å². The molecule has 1 heterocycles. The Balaban J connectivity index is 1.72. The lowest BCUT2D eigenvalue weighted by molar-refractivity contribution is -0.152. The Hall–Kier alpha value is -3.21. The summed E-state index contributed by atoms with van der Waals surface area (Å²) in [5.41, 5.74) is 3.68. The predicted molar refractivity (Wildman–Crippen MR) is 130 cm³/mol. The lowest BCUT2D eigenvalue weighted by Gasteiger charge is -2.40. The number of carbonyl (C=O) groups excluding carboxylic acids is 1. The zero-order valence-electron chi connectivity index (χ0n) is 19.0. The van der Waals surface area contributed by atoms with Crippen LogP contribution >= 0.6 is 0 Å². The van der Waals surface area contributed by atoms with Crippen molar-refractivity contribution < 1.29 is 14.3 Å². The van der Waals surface area contributed by atoms with E-state index in [4.69, 9.17) is 9.47 Å². The second-order valence-electron chi connectivity index (χ2n) is 8.41. The summed E-state index contributed by atoms with van der Waals surface area (Å²) in [6.45, 7) is 2.00. The molecule has 3 aromatic carbocycles. The Morgan fingerprint density at radius 3 is 1.91 bits per heavy atom. The van der Waals surface area contributed by atoms with Crippen LogP contribution in [0.4, 0.5) is 0 Å². The normalized spacial score (nSPS) is 18.7. The van der Waals surface area contributed by atoms with Gasteiger partial charge in [0.15, 0.2) is 0 Å². The van der Waals surface area contributed by atoms with Gasteiger partial charge in [-0.2, -0.15) is 0 Å². The summed E-state index contributed by atoms with van der Waals surface area (Å²) in [5, 5.41) is 0. The maximum absolute atomic E-state index is 12.7. The van der Waals surface area contributed by atoms with E-state index in [1.165, 1.54) is 23.8 Å². The average molecular weight is 442 g/mol. The van der Waals surface area contributed by atoms with Crippen molar-refractivity contribution >= 4 is 5.97 Å². The van der Waals surface area contributed by atoms with Crippen LogP contribution in [0.1, 0.15) is 16.7 Å². The van der Waals surface area contributed by atoms with Gasteiger partial charge in [-0.1, -0.05) is 103 Å². The molecule has 4 rings (SSSR count). The molecule has 4 heteroatoms. The second-order valence-corrected chi connectivity index (χ2v) is 8.41. The van der Waals surface area contributed by atoms with Crippen molar-refractivity contribution in [3.63, 3.8) is 0 Å². The minimum Gasteiger partial charge on any atom is -0.468 e. The van der Waals surface area contributed by atoms with Crippen LogP contribution < -0.4 is 0 Å². The van der Waals surface area contributed by atoms with Crippen LogP contribution in [-0.4, -0.2) is 36.7 Å². The monoisotopic (exact) mass is 441 g/mol. The molecule has 0 bridgehead atoms. The number of carbonyl (C=O) groups is 1. The molecule has 3 atom stereocenters. The molecule has 33 heavy (non-hydrogen) atoms. The molecule has 0 radical (unpaired) electrons. The van der Waals surface area contributed by atoms with Gasteiger partial charge < -0.3 is 9.47 Å². The van der Waals surface area contributed by atoms with Crippen LogP contribution in [0.5, 0.6) is 0 Å². The van der Waals surface area contributed by atoms with Crippen LogP contribution in [0.2, 0.25) is 0 Å². The highest BCUT2D eigenvalue weighted by molar-refractivity contribution is 5.75. The van der Waals surface area contributed by atoms with Crippen molar-refractivity contribution in [3.05, 3.63) is 120 Å². The zero-order valence-corrected chi connectivity index (χ0v) is 19.0. The smallest absolute Gasteiger partial charge is 0.315 e. The topological polar surface area (TPSA) is 38.8 Å². The van der Waals surface area contributed by atoms with Crippen molar-refractivity contribution in [3.8, 4) is 0 Å². The molecule has 170 valence electrons. The van der Waals surface area contributed by atoms with Crippen LogP contribution in [0.3, 0.4) is 0 Å². The number of hydrogen-bond acceptors (Lipinski definition) is 4. The third-order valence-corrected chi connectivity index (χ3v) is 6.15. The molecule has 0 saturated heterocycles. The molecule has 1 aliphatic heterocycles. The molecule has 0 amide bonds. The zero-order chi connectivity index (χ0) is 22.9.